The standard InChI is InChI=1S/C57H39N3S/c1-4-15-40(16-5-1)42-27-33-46(34-28-42)59(45-19-8-3-9-20-45)49-21-14-22-50(39-49)60(47-35-29-43(30-36-47)41-17-6-2-7-18-41)48-37-31-44(32-38-48)57-58-55-53-25-12-10-23-51(53)52-24-11-13-26-54(52)56(55)61-57/h1-39H. The van der Waals surface area contributed by atoms with Crippen LogP contribution >= 0.6 is 11.3 Å². The van der Waals surface area contributed by atoms with Crippen molar-refractivity contribution in [3.05, 3.63) is 237 Å². The monoisotopic (exact) mass is 797 g/mol. The Bertz CT molecular complexity index is 3200. The van der Waals surface area contributed by atoms with Gasteiger partial charge in [-0.15, -0.1) is 11.3 Å². The first-order valence-corrected chi connectivity index (χ1v) is 21.4. The molecule has 0 atom stereocenters. The van der Waals surface area contributed by atoms with E-state index in [4.69, 9.17) is 4.98 Å². The van der Waals surface area contributed by atoms with E-state index in [0.29, 0.717) is 0 Å². The smallest absolute Gasteiger partial charge is 0.124 e. The minimum absolute atomic E-state index is 1.01. The fraction of sp³-hybridized carbons (Fsp3) is 0. The molecule has 0 radical (unpaired) electrons. The number of para-hydroxylation sites is 1. The quantitative estimate of drug-likeness (QED) is 0.136. The predicted octanol–water partition coefficient (Wildman–Crippen LogP) is 16.5. The van der Waals surface area contributed by atoms with Gasteiger partial charge in [0.1, 0.15) is 5.01 Å². The maximum Gasteiger partial charge on any atom is 0.124 e. The fourth-order valence-corrected chi connectivity index (χ4v) is 9.64. The molecule has 4 heteroatoms. The Balaban J connectivity index is 1.01. The summed E-state index contributed by atoms with van der Waals surface area (Å²) in [5.41, 5.74) is 13.3. The summed E-state index contributed by atoms with van der Waals surface area (Å²) in [6, 6.07) is 84.5. The molecule has 0 bridgehead atoms. The molecule has 0 saturated carbocycles. The first-order chi connectivity index (χ1) is 30.2. The number of benzene rings is 10. The zero-order valence-corrected chi connectivity index (χ0v) is 34.1. The summed E-state index contributed by atoms with van der Waals surface area (Å²) in [7, 11) is 0. The Morgan fingerprint density at radius 3 is 1.15 bits per heavy atom. The second-order valence-corrected chi connectivity index (χ2v) is 16.2. The van der Waals surface area contributed by atoms with E-state index in [1.165, 1.54) is 48.5 Å². The molecule has 0 unspecified atom stereocenters. The van der Waals surface area contributed by atoms with Crippen LogP contribution in [0.5, 0.6) is 0 Å². The highest BCUT2D eigenvalue weighted by Gasteiger charge is 2.19. The van der Waals surface area contributed by atoms with E-state index in [-0.39, 0.29) is 0 Å². The van der Waals surface area contributed by atoms with Crippen molar-refractivity contribution in [1.29, 1.82) is 0 Å². The highest BCUT2D eigenvalue weighted by molar-refractivity contribution is 7.22. The van der Waals surface area contributed by atoms with Gasteiger partial charge in [0.05, 0.1) is 10.2 Å². The first-order valence-electron chi connectivity index (χ1n) is 20.6. The molecule has 1 aromatic heterocycles. The van der Waals surface area contributed by atoms with Crippen molar-refractivity contribution in [3.63, 3.8) is 0 Å². The second-order valence-electron chi connectivity index (χ2n) is 15.2. The van der Waals surface area contributed by atoms with Crippen LogP contribution in [-0.2, 0) is 0 Å². The van der Waals surface area contributed by atoms with Gasteiger partial charge in [-0.25, -0.2) is 4.98 Å². The zero-order chi connectivity index (χ0) is 40.5. The molecule has 0 aliphatic heterocycles. The number of hydrogen-bond acceptors (Lipinski definition) is 4. The van der Waals surface area contributed by atoms with E-state index in [1.54, 1.807) is 11.3 Å². The molecule has 10 aromatic carbocycles. The van der Waals surface area contributed by atoms with Gasteiger partial charge in [0.15, 0.2) is 0 Å². The maximum atomic E-state index is 5.30. The minimum atomic E-state index is 1.01. The molecule has 0 aliphatic carbocycles. The number of nitrogens with zero attached hydrogens (tertiary/aromatic N) is 3. The van der Waals surface area contributed by atoms with Gasteiger partial charge in [0, 0.05) is 50.5 Å². The molecule has 0 aliphatic rings. The Kier molecular flexibility index (Phi) is 9.38. The van der Waals surface area contributed by atoms with E-state index in [9.17, 15) is 0 Å². The Hall–Kier alpha value is -7.79. The molecular formula is C57H39N3S. The maximum absolute atomic E-state index is 5.30. The van der Waals surface area contributed by atoms with Crippen molar-refractivity contribution >= 4 is 77.2 Å². The summed E-state index contributed by atoms with van der Waals surface area (Å²) < 4.78 is 1.22. The van der Waals surface area contributed by atoms with E-state index >= 15 is 0 Å². The normalized spacial score (nSPS) is 11.3. The Labute approximate surface area is 359 Å². The van der Waals surface area contributed by atoms with E-state index in [1.807, 2.05) is 0 Å². The third-order valence-electron chi connectivity index (χ3n) is 11.5. The topological polar surface area (TPSA) is 19.4 Å². The van der Waals surface area contributed by atoms with Gasteiger partial charge in [-0.1, -0.05) is 158 Å². The Morgan fingerprint density at radius 1 is 0.279 bits per heavy atom. The molecule has 0 N–H and O–H groups in total. The summed E-state index contributed by atoms with van der Waals surface area (Å²) in [5.74, 6) is 0. The molecular weight excluding hydrogens is 759 g/mol. The minimum Gasteiger partial charge on any atom is -0.310 e. The van der Waals surface area contributed by atoms with Gasteiger partial charge >= 0.3 is 0 Å². The van der Waals surface area contributed by atoms with Crippen LogP contribution in [0.4, 0.5) is 34.1 Å². The molecule has 0 spiro atoms. The molecule has 0 amide bonds. The highest BCUT2D eigenvalue weighted by atomic mass is 32.1. The summed E-state index contributed by atoms with van der Waals surface area (Å²) in [5, 5.41) is 5.96. The van der Waals surface area contributed by atoms with Gasteiger partial charge in [0.2, 0.25) is 0 Å². The molecule has 3 nitrogen and oxygen atoms in total. The highest BCUT2D eigenvalue weighted by Crippen LogP contribution is 2.44. The number of thiazole rings is 1. The van der Waals surface area contributed by atoms with Crippen molar-refractivity contribution < 1.29 is 0 Å². The molecule has 61 heavy (non-hydrogen) atoms. The van der Waals surface area contributed by atoms with Crippen LogP contribution in [0.15, 0.2) is 237 Å². The third-order valence-corrected chi connectivity index (χ3v) is 12.6. The van der Waals surface area contributed by atoms with Crippen LogP contribution in [0, 0.1) is 0 Å². The number of anilines is 6. The van der Waals surface area contributed by atoms with Crippen molar-refractivity contribution in [1.82, 2.24) is 4.98 Å². The number of rotatable bonds is 9. The average molecular weight is 798 g/mol. The van der Waals surface area contributed by atoms with Crippen molar-refractivity contribution in [2.45, 2.75) is 0 Å². The molecule has 0 fully saturated rings. The number of aromatic nitrogens is 1. The van der Waals surface area contributed by atoms with Gasteiger partial charge in [0.25, 0.3) is 0 Å². The third kappa shape index (κ3) is 6.89. The predicted molar refractivity (Wildman–Crippen MR) is 260 cm³/mol. The Morgan fingerprint density at radius 2 is 0.639 bits per heavy atom. The van der Waals surface area contributed by atoms with Gasteiger partial charge < -0.3 is 9.80 Å². The average Bonchev–Trinajstić information content (AvgIpc) is 3.80. The number of fused-ring (bicyclic) bond motifs is 6. The van der Waals surface area contributed by atoms with Gasteiger partial charge in [-0.2, -0.15) is 0 Å². The summed E-state index contributed by atoms with van der Waals surface area (Å²) >= 11 is 1.77. The molecule has 0 saturated heterocycles. The van der Waals surface area contributed by atoms with Crippen LogP contribution in [0.1, 0.15) is 0 Å². The largest absolute Gasteiger partial charge is 0.310 e. The molecule has 288 valence electrons. The van der Waals surface area contributed by atoms with Gasteiger partial charge in [-0.05, 0) is 112 Å². The molecule has 11 rings (SSSR count). The van der Waals surface area contributed by atoms with Crippen LogP contribution < -0.4 is 9.80 Å². The fourth-order valence-electron chi connectivity index (χ4n) is 8.51. The lowest BCUT2D eigenvalue weighted by Crippen LogP contribution is -2.13. The summed E-state index contributed by atoms with van der Waals surface area (Å²) in [6.45, 7) is 0. The van der Waals surface area contributed by atoms with Crippen LogP contribution in [-0.4, -0.2) is 4.98 Å². The SMILES string of the molecule is c1ccc(-c2ccc(N(c3ccccc3)c3cccc(N(c4ccc(-c5ccccc5)cc4)c4ccc(-c5nc6c7ccccc7c7ccccc7c6s5)cc4)c3)cc2)cc1. The number of hydrogen-bond donors (Lipinski definition) is 0. The van der Waals surface area contributed by atoms with Crippen molar-refractivity contribution in [2.24, 2.45) is 0 Å². The summed E-state index contributed by atoms with van der Waals surface area (Å²) in [6.07, 6.45) is 0. The lowest BCUT2D eigenvalue weighted by Gasteiger charge is -2.29. The lowest BCUT2D eigenvalue weighted by molar-refractivity contribution is 1.25. The van der Waals surface area contributed by atoms with Crippen molar-refractivity contribution in [2.75, 3.05) is 9.80 Å². The van der Waals surface area contributed by atoms with Crippen molar-refractivity contribution in [3.8, 4) is 32.8 Å². The van der Waals surface area contributed by atoms with Crippen LogP contribution in [0.2, 0.25) is 0 Å². The van der Waals surface area contributed by atoms with E-state index < -0.39 is 0 Å². The molecule has 11 aromatic rings. The second kappa shape index (κ2) is 15.8. The lowest BCUT2D eigenvalue weighted by atomic mass is 10.0. The van der Waals surface area contributed by atoms with E-state index in [0.717, 1.165) is 50.2 Å². The first kappa shape index (κ1) is 36.3. The summed E-state index contributed by atoms with van der Waals surface area (Å²) in [4.78, 5) is 9.98. The van der Waals surface area contributed by atoms with Gasteiger partial charge in [-0.3, -0.25) is 0 Å². The van der Waals surface area contributed by atoms with E-state index in [2.05, 4.69) is 246 Å². The molecule has 1 heterocycles. The van der Waals surface area contributed by atoms with Crippen LogP contribution in [0.25, 0.3) is 64.6 Å². The zero-order valence-electron chi connectivity index (χ0n) is 33.3. The van der Waals surface area contributed by atoms with Crippen LogP contribution in [0.3, 0.4) is 0 Å².